The number of ether oxygens (including phenoxy) is 3. The summed E-state index contributed by atoms with van der Waals surface area (Å²) < 4.78 is 39.8. The van der Waals surface area contributed by atoms with Crippen LogP contribution in [0.15, 0.2) is 53.2 Å². The summed E-state index contributed by atoms with van der Waals surface area (Å²) in [6.07, 6.45) is 1.38. The first-order valence-corrected chi connectivity index (χ1v) is 8.36. The second kappa shape index (κ2) is 8.46. The summed E-state index contributed by atoms with van der Waals surface area (Å²) in [6, 6.07) is 9.65. The zero-order chi connectivity index (χ0) is 21.0. The molecule has 0 N–H and O–H groups in total. The standard InChI is InChI=1S/C19H14F2N2O6/c1-2-27-16-9-11(6-7-15(16)28-19(20)21)8-14-18(24)29-17(22-14)12-4-3-5-13(10-12)23(25)26/h3-10,19H,2H2,1H3/b14-8-. The van der Waals surface area contributed by atoms with Crippen molar-refractivity contribution in [3.63, 3.8) is 0 Å². The Labute approximate surface area is 163 Å². The number of rotatable bonds is 7. The highest BCUT2D eigenvalue weighted by Gasteiger charge is 2.25. The number of carbonyl (C=O) groups is 1. The van der Waals surface area contributed by atoms with Gasteiger partial charge in [0.25, 0.3) is 5.69 Å². The van der Waals surface area contributed by atoms with Crippen LogP contribution >= 0.6 is 0 Å². The average Bonchev–Trinajstić information content (AvgIpc) is 3.04. The molecule has 10 heteroatoms. The van der Waals surface area contributed by atoms with E-state index in [-0.39, 0.29) is 41.0 Å². The van der Waals surface area contributed by atoms with Crippen molar-refractivity contribution >= 4 is 23.6 Å². The highest BCUT2D eigenvalue weighted by atomic mass is 19.3. The van der Waals surface area contributed by atoms with Crippen molar-refractivity contribution in [2.24, 2.45) is 4.99 Å². The summed E-state index contributed by atoms with van der Waals surface area (Å²) in [5, 5.41) is 10.9. The zero-order valence-electron chi connectivity index (χ0n) is 15.0. The van der Waals surface area contributed by atoms with Gasteiger partial charge in [0.15, 0.2) is 17.2 Å². The van der Waals surface area contributed by atoms with Gasteiger partial charge in [-0.2, -0.15) is 8.78 Å². The lowest BCUT2D eigenvalue weighted by atomic mass is 10.1. The number of nitro groups is 1. The Morgan fingerprint density at radius 1 is 1.24 bits per heavy atom. The molecule has 1 aliphatic heterocycles. The summed E-state index contributed by atoms with van der Waals surface area (Å²) in [5.74, 6) is -0.889. The monoisotopic (exact) mass is 404 g/mol. The summed E-state index contributed by atoms with van der Waals surface area (Å²) in [6.45, 7) is -1.11. The Kier molecular flexibility index (Phi) is 5.82. The molecule has 0 atom stereocenters. The van der Waals surface area contributed by atoms with Crippen LogP contribution in [-0.4, -0.2) is 30.0 Å². The van der Waals surface area contributed by atoms with E-state index in [1.54, 1.807) is 6.92 Å². The minimum atomic E-state index is -3.01. The van der Waals surface area contributed by atoms with Crippen molar-refractivity contribution in [1.82, 2.24) is 0 Å². The first kappa shape index (κ1) is 19.9. The van der Waals surface area contributed by atoms with Gasteiger partial charge in [-0.05, 0) is 36.8 Å². The van der Waals surface area contributed by atoms with Crippen molar-refractivity contribution in [3.8, 4) is 11.5 Å². The van der Waals surface area contributed by atoms with E-state index in [0.29, 0.717) is 5.56 Å². The molecule has 0 saturated heterocycles. The number of cyclic esters (lactones) is 1. The van der Waals surface area contributed by atoms with Crippen molar-refractivity contribution < 1.29 is 32.7 Å². The molecule has 150 valence electrons. The lowest BCUT2D eigenvalue weighted by Gasteiger charge is -2.11. The number of hydrogen-bond donors (Lipinski definition) is 0. The molecule has 0 amide bonds. The van der Waals surface area contributed by atoms with Gasteiger partial charge in [0, 0.05) is 17.7 Å². The molecule has 1 aliphatic rings. The predicted molar refractivity (Wildman–Crippen MR) is 97.9 cm³/mol. The number of non-ortho nitro benzene ring substituents is 1. The predicted octanol–water partition coefficient (Wildman–Crippen LogP) is 3.94. The first-order valence-electron chi connectivity index (χ1n) is 8.36. The maximum absolute atomic E-state index is 12.5. The lowest BCUT2D eigenvalue weighted by Crippen LogP contribution is -2.06. The molecule has 0 radical (unpaired) electrons. The van der Waals surface area contributed by atoms with E-state index in [9.17, 15) is 23.7 Å². The van der Waals surface area contributed by atoms with E-state index >= 15 is 0 Å². The molecule has 0 unspecified atom stereocenters. The Hall–Kier alpha value is -3.82. The third kappa shape index (κ3) is 4.72. The SMILES string of the molecule is CCOc1cc(/C=C2\N=C(c3cccc([N+](=O)[O-])c3)OC2=O)ccc1OC(F)F. The Bertz CT molecular complexity index is 1020. The van der Waals surface area contributed by atoms with Crippen LogP contribution < -0.4 is 9.47 Å². The van der Waals surface area contributed by atoms with Crippen molar-refractivity contribution in [1.29, 1.82) is 0 Å². The molecule has 8 nitrogen and oxygen atoms in total. The number of benzene rings is 2. The molecule has 0 spiro atoms. The molecule has 3 rings (SSSR count). The fourth-order valence-corrected chi connectivity index (χ4v) is 2.52. The fourth-order valence-electron chi connectivity index (χ4n) is 2.52. The van der Waals surface area contributed by atoms with E-state index in [1.807, 2.05) is 0 Å². The van der Waals surface area contributed by atoms with Gasteiger partial charge in [-0.15, -0.1) is 0 Å². The molecule has 2 aromatic rings. The van der Waals surface area contributed by atoms with Gasteiger partial charge in [-0.3, -0.25) is 10.1 Å². The minimum Gasteiger partial charge on any atom is -0.490 e. The summed E-state index contributed by atoms with van der Waals surface area (Å²) in [7, 11) is 0. The van der Waals surface area contributed by atoms with Gasteiger partial charge < -0.3 is 14.2 Å². The summed E-state index contributed by atoms with van der Waals surface area (Å²) in [4.78, 5) is 26.5. The van der Waals surface area contributed by atoms with Crippen LogP contribution in [0.2, 0.25) is 0 Å². The van der Waals surface area contributed by atoms with Gasteiger partial charge in [0.05, 0.1) is 11.5 Å². The average molecular weight is 404 g/mol. The summed E-state index contributed by atoms with van der Waals surface area (Å²) in [5.41, 5.74) is 0.476. The van der Waals surface area contributed by atoms with Gasteiger partial charge in [0.2, 0.25) is 5.90 Å². The molecule has 1 heterocycles. The normalized spacial score (nSPS) is 14.7. The molecular formula is C19H14F2N2O6. The van der Waals surface area contributed by atoms with Crippen LogP contribution in [0.25, 0.3) is 6.08 Å². The highest BCUT2D eigenvalue weighted by Crippen LogP contribution is 2.31. The molecule has 2 aromatic carbocycles. The first-order chi connectivity index (χ1) is 13.9. The molecule has 0 saturated carbocycles. The Balaban J connectivity index is 1.91. The van der Waals surface area contributed by atoms with E-state index in [4.69, 9.17) is 9.47 Å². The van der Waals surface area contributed by atoms with Gasteiger partial charge in [-0.25, -0.2) is 9.79 Å². The number of aliphatic imine (C=N–C) groups is 1. The number of alkyl halides is 2. The van der Waals surface area contributed by atoms with Crippen LogP contribution in [-0.2, 0) is 9.53 Å². The Morgan fingerprint density at radius 2 is 2.03 bits per heavy atom. The maximum Gasteiger partial charge on any atom is 0.387 e. The van der Waals surface area contributed by atoms with Gasteiger partial charge >= 0.3 is 12.6 Å². The highest BCUT2D eigenvalue weighted by molar-refractivity contribution is 6.13. The van der Waals surface area contributed by atoms with E-state index in [2.05, 4.69) is 9.73 Å². The van der Waals surface area contributed by atoms with Crippen molar-refractivity contribution in [2.45, 2.75) is 13.5 Å². The van der Waals surface area contributed by atoms with Gasteiger partial charge in [0.1, 0.15) is 0 Å². The summed E-state index contributed by atoms with van der Waals surface area (Å²) >= 11 is 0. The number of esters is 1. The van der Waals surface area contributed by atoms with Crippen LogP contribution in [0, 0.1) is 10.1 Å². The zero-order valence-corrected chi connectivity index (χ0v) is 15.0. The fraction of sp³-hybridized carbons (Fsp3) is 0.158. The lowest BCUT2D eigenvalue weighted by molar-refractivity contribution is -0.384. The molecule has 29 heavy (non-hydrogen) atoms. The molecule has 0 fully saturated rings. The molecule has 0 aromatic heterocycles. The molecule has 0 bridgehead atoms. The maximum atomic E-state index is 12.5. The second-order valence-corrected chi connectivity index (χ2v) is 5.66. The van der Waals surface area contributed by atoms with E-state index in [0.717, 1.165) is 0 Å². The Morgan fingerprint density at radius 3 is 2.72 bits per heavy atom. The molecule has 0 aliphatic carbocycles. The number of nitrogens with zero attached hydrogens (tertiary/aromatic N) is 2. The van der Waals surface area contributed by atoms with Crippen molar-refractivity contribution in [3.05, 3.63) is 69.4 Å². The van der Waals surface area contributed by atoms with Crippen LogP contribution in [0.5, 0.6) is 11.5 Å². The second-order valence-electron chi connectivity index (χ2n) is 5.66. The third-order valence-electron chi connectivity index (χ3n) is 3.71. The van der Waals surface area contributed by atoms with Crippen LogP contribution in [0.1, 0.15) is 18.1 Å². The number of halogens is 2. The largest absolute Gasteiger partial charge is 0.490 e. The topological polar surface area (TPSA) is 100 Å². The molecular weight excluding hydrogens is 390 g/mol. The minimum absolute atomic E-state index is 0.0588. The quantitative estimate of drug-likeness (QED) is 0.300. The smallest absolute Gasteiger partial charge is 0.387 e. The third-order valence-corrected chi connectivity index (χ3v) is 3.71. The number of nitro benzene ring substituents is 1. The van der Waals surface area contributed by atoms with Crippen LogP contribution in [0.4, 0.5) is 14.5 Å². The van der Waals surface area contributed by atoms with Crippen LogP contribution in [0.3, 0.4) is 0 Å². The van der Waals surface area contributed by atoms with E-state index < -0.39 is 17.5 Å². The van der Waals surface area contributed by atoms with E-state index in [1.165, 1.54) is 48.5 Å². The number of hydrogen-bond acceptors (Lipinski definition) is 7. The number of carbonyl (C=O) groups excluding carboxylic acids is 1. The van der Waals surface area contributed by atoms with Crippen molar-refractivity contribution in [2.75, 3.05) is 6.61 Å². The van der Waals surface area contributed by atoms with Gasteiger partial charge in [-0.1, -0.05) is 12.1 Å².